The summed E-state index contributed by atoms with van der Waals surface area (Å²) in [4.78, 5) is 11.6. The molecule has 15 heavy (non-hydrogen) atoms. The summed E-state index contributed by atoms with van der Waals surface area (Å²) in [5.41, 5.74) is 5.64. The molecule has 0 heterocycles. The number of nitrogens with two attached hydrogens (primary N) is 1. The van der Waals surface area contributed by atoms with Gasteiger partial charge in [0.15, 0.2) is 0 Å². The van der Waals surface area contributed by atoms with Crippen molar-refractivity contribution in [1.82, 2.24) is 5.32 Å². The van der Waals surface area contributed by atoms with Crippen LogP contribution in [0.2, 0.25) is 0 Å². The Hall–Kier alpha value is -1.01. The second-order valence-electron chi connectivity index (χ2n) is 4.39. The fraction of sp³-hybridized carbons (Fsp3) is 0.750. The number of nitrogens with one attached hydrogen (secondary N) is 1. The molecule has 0 aromatic heterocycles. The predicted octanol–water partition coefficient (Wildman–Crippen LogP) is 1.03. The summed E-state index contributed by atoms with van der Waals surface area (Å²) in [7, 11) is 0. The van der Waals surface area contributed by atoms with Crippen molar-refractivity contribution in [2.45, 2.75) is 51.1 Å². The molecule has 84 valence electrons. The Morgan fingerprint density at radius 3 is 2.87 bits per heavy atom. The van der Waals surface area contributed by atoms with E-state index in [1.54, 1.807) is 0 Å². The van der Waals surface area contributed by atoms with E-state index in [1.807, 2.05) is 0 Å². The summed E-state index contributed by atoms with van der Waals surface area (Å²) >= 11 is 0. The second-order valence-corrected chi connectivity index (χ2v) is 4.39. The molecule has 1 aliphatic rings. The van der Waals surface area contributed by atoms with E-state index in [1.165, 1.54) is 19.3 Å². The molecule has 1 aliphatic carbocycles. The Morgan fingerprint density at radius 1 is 1.60 bits per heavy atom. The van der Waals surface area contributed by atoms with Crippen LogP contribution in [0.5, 0.6) is 0 Å². The lowest BCUT2D eigenvalue weighted by molar-refractivity contribution is -0.123. The Morgan fingerprint density at radius 2 is 2.27 bits per heavy atom. The highest BCUT2D eigenvalue weighted by Gasteiger charge is 2.24. The Bertz CT molecular complexity index is 257. The third-order valence-corrected chi connectivity index (χ3v) is 3.11. The minimum atomic E-state index is -0.552. The summed E-state index contributed by atoms with van der Waals surface area (Å²) in [5.74, 6) is 2.86. The van der Waals surface area contributed by atoms with Gasteiger partial charge in [0, 0.05) is 12.5 Å². The van der Waals surface area contributed by atoms with Gasteiger partial charge < -0.3 is 11.1 Å². The van der Waals surface area contributed by atoms with Crippen molar-refractivity contribution in [3.8, 4) is 12.3 Å². The molecule has 0 spiro atoms. The zero-order chi connectivity index (χ0) is 11.3. The number of amides is 1. The molecule has 1 saturated carbocycles. The maximum atomic E-state index is 11.6. The standard InChI is InChI=1S/C12H20N2O/c1-3-6-10(13)12(15)14-11-8-5-4-7-9(11)2/h1,9-11H,4-8,13H2,2H3,(H,14,15). The van der Waals surface area contributed by atoms with Gasteiger partial charge >= 0.3 is 0 Å². The summed E-state index contributed by atoms with van der Waals surface area (Å²) in [5, 5.41) is 2.99. The third-order valence-electron chi connectivity index (χ3n) is 3.11. The highest BCUT2D eigenvalue weighted by molar-refractivity contribution is 5.82. The molecule has 0 bridgehead atoms. The first kappa shape index (κ1) is 12.1. The number of hydrogen-bond acceptors (Lipinski definition) is 2. The van der Waals surface area contributed by atoms with Gasteiger partial charge in [-0.15, -0.1) is 12.3 Å². The number of carbonyl (C=O) groups excluding carboxylic acids is 1. The lowest BCUT2D eigenvalue weighted by atomic mass is 9.86. The van der Waals surface area contributed by atoms with E-state index in [9.17, 15) is 4.79 Å². The fourth-order valence-corrected chi connectivity index (χ4v) is 2.04. The predicted molar refractivity (Wildman–Crippen MR) is 61.0 cm³/mol. The van der Waals surface area contributed by atoms with Crippen LogP contribution in [-0.2, 0) is 4.79 Å². The van der Waals surface area contributed by atoms with Crippen molar-refractivity contribution in [3.63, 3.8) is 0 Å². The van der Waals surface area contributed by atoms with Gasteiger partial charge in [0.1, 0.15) is 0 Å². The van der Waals surface area contributed by atoms with Crippen molar-refractivity contribution in [3.05, 3.63) is 0 Å². The van der Waals surface area contributed by atoms with E-state index in [0.29, 0.717) is 12.3 Å². The van der Waals surface area contributed by atoms with Gasteiger partial charge in [-0.1, -0.05) is 19.8 Å². The van der Waals surface area contributed by atoms with Gasteiger partial charge in [-0.3, -0.25) is 4.79 Å². The molecule has 0 saturated heterocycles. The summed E-state index contributed by atoms with van der Waals surface area (Å²) in [6.45, 7) is 2.18. The highest BCUT2D eigenvalue weighted by atomic mass is 16.2. The van der Waals surface area contributed by atoms with Gasteiger partial charge in [0.25, 0.3) is 0 Å². The lowest BCUT2D eigenvalue weighted by Gasteiger charge is -2.30. The molecule has 1 amide bonds. The van der Waals surface area contributed by atoms with Crippen LogP contribution < -0.4 is 11.1 Å². The van der Waals surface area contributed by atoms with Crippen LogP contribution in [0, 0.1) is 18.3 Å². The van der Waals surface area contributed by atoms with Gasteiger partial charge in [0.2, 0.25) is 5.91 Å². The minimum absolute atomic E-state index is 0.105. The van der Waals surface area contributed by atoms with E-state index < -0.39 is 6.04 Å². The number of rotatable bonds is 3. The van der Waals surface area contributed by atoms with E-state index in [0.717, 1.165) is 6.42 Å². The van der Waals surface area contributed by atoms with Gasteiger partial charge in [-0.05, 0) is 18.8 Å². The van der Waals surface area contributed by atoms with Crippen LogP contribution >= 0.6 is 0 Å². The monoisotopic (exact) mass is 208 g/mol. The SMILES string of the molecule is C#CCC(N)C(=O)NC1CCCCC1C. The lowest BCUT2D eigenvalue weighted by Crippen LogP contribution is -2.48. The van der Waals surface area contributed by atoms with E-state index in [2.05, 4.69) is 18.2 Å². The van der Waals surface area contributed by atoms with Crippen molar-refractivity contribution in [1.29, 1.82) is 0 Å². The van der Waals surface area contributed by atoms with E-state index in [4.69, 9.17) is 12.2 Å². The van der Waals surface area contributed by atoms with Gasteiger partial charge in [-0.25, -0.2) is 0 Å². The quantitative estimate of drug-likeness (QED) is 0.681. The van der Waals surface area contributed by atoms with Crippen LogP contribution in [0.25, 0.3) is 0 Å². The molecule has 0 aromatic rings. The molecular formula is C12H20N2O. The molecule has 3 unspecified atom stereocenters. The van der Waals surface area contributed by atoms with Gasteiger partial charge in [-0.2, -0.15) is 0 Å². The zero-order valence-electron chi connectivity index (χ0n) is 9.33. The Labute approximate surface area is 91.8 Å². The van der Waals surface area contributed by atoms with Gasteiger partial charge in [0.05, 0.1) is 6.04 Å². The maximum absolute atomic E-state index is 11.6. The first-order chi connectivity index (χ1) is 7.15. The largest absolute Gasteiger partial charge is 0.352 e. The summed E-state index contributed by atoms with van der Waals surface area (Å²) in [6, 6.07) is -0.265. The van der Waals surface area contributed by atoms with Crippen molar-refractivity contribution in [2.24, 2.45) is 11.7 Å². The van der Waals surface area contributed by atoms with Crippen LogP contribution in [0.3, 0.4) is 0 Å². The second kappa shape index (κ2) is 5.77. The van der Waals surface area contributed by atoms with Crippen LogP contribution in [0.1, 0.15) is 39.0 Å². The molecule has 3 N–H and O–H groups in total. The average molecular weight is 208 g/mol. The first-order valence-corrected chi connectivity index (χ1v) is 5.64. The normalized spacial score (nSPS) is 27.8. The fourth-order valence-electron chi connectivity index (χ4n) is 2.04. The molecule has 3 atom stereocenters. The molecular weight excluding hydrogens is 188 g/mol. The first-order valence-electron chi connectivity index (χ1n) is 5.64. The average Bonchev–Trinajstić information content (AvgIpc) is 2.21. The third kappa shape index (κ3) is 3.56. The number of hydrogen-bond donors (Lipinski definition) is 2. The van der Waals surface area contributed by atoms with E-state index in [-0.39, 0.29) is 11.9 Å². The minimum Gasteiger partial charge on any atom is -0.352 e. The smallest absolute Gasteiger partial charge is 0.238 e. The zero-order valence-corrected chi connectivity index (χ0v) is 9.33. The Kier molecular flexibility index (Phi) is 4.64. The molecule has 1 rings (SSSR count). The summed E-state index contributed by atoms with van der Waals surface area (Å²) in [6.07, 6.45) is 10.1. The molecule has 1 fully saturated rings. The number of carbonyl (C=O) groups is 1. The van der Waals surface area contributed by atoms with Crippen LogP contribution in [0.4, 0.5) is 0 Å². The van der Waals surface area contributed by atoms with Crippen molar-refractivity contribution >= 4 is 5.91 Å². The van der Waals surface area contributed by atoms with Crippen molar-refractivity contribution < 1.29 is 4.79 Å². The maximum Gasteiger partial charge on any atom is 0.238 e. The molecule has 3 nitrogen and oxygen atoms in total. The van der Waals surface area contributed by atoms with E-state index >= 15 is 0 Å². The molecule has 0 aliphatic heterocycles. The highest BCUT2D eigenvalue weighted by Crippen LogP contribution is 2.23. The summed E-state index contributed by atoms with van der Waals surface area (Å²) < 4.78 is 0. The number of terminal acetylenes is 1. The van der Waals surface area contributed by atoms with Crippen LogP contribution in [0.15, 0.2) is 0 Å². The van der Waals surface area contributed by atoms with Crippen molar-refractivity contribution in [2.75, 3.05) is 0 Å². The van der Waals surface area contributed by atoms with Crippen LogP contribution in [-0.4, -0.2) is 18.0 Å². The molecule has 3 heteroatoms. The Balaban J connectivity index is 2.39. The molecule has 0 radical (unpaired) electrons. The molecule has 0 aromatic carbocycles. The topological polar surface area (TPSA) is 55.1 Å².